The summed E-state index contributed by atoms with van der Waals surface area (Å²) < 4.78 is 10.9. The highest BCUT2D eigenvalue weighted by Gasteiger charge is 2.14. The van der Waals surface area contributed by atoms with Crippen LogP contribution in [0.4, 0.5) is 5.69 Å². The van der Waals surface area contributed by atoms with Crippen molar-refractivity contribution < 1.29 is 19.1 Å². The van der Waals surface area contributed by atoms with Crippen molar-refractivity contribution in [3.8, 4) is 5.69 Å². The first-order valence-corrected chi connectivity index (χ1v) is 7.71. The fraction of sp³-hybridized carbons (Fsp3) is 0.235. The van der Waals surface area contributed by atoms with Crippen LogP contribution in [-0.4, -0.2) is 35.9 Å². The van der Waals surface area contributed by atoms with Gasteiger partial charge in [-0.2, -0.15) is 5.10 Å². The average molecular weight is 364 g/mol. The van der Waals surface area contributed by atoms with Gasteiger partial charge in [0, 0.05) is 11.4 Å². The molecule has 0 aliphatic rings. The van der Waals surface area contributed by atoms with Gasteiger partial charge in [0.25, 0.3) is 0 Å². The van der Waals surface area contributed by atoms with Crippen molar-refractivity contribution in [1.29, 1.82) is 0 Å². The zero-order valence-corrected chi connectivity index (χ0v) is 15.0. The first-order chi connectivity index (χ1) is 11.8. The molecular weight excluding hydrogens is 346 g/mol. The van der Waals surface area contributed by atoms with Gasteiger partial charge in [0.1, 0.15) is 5.70 Å². The fourth-order valence-electron chi connectivity index (χ4n) is 2.22. The zero-order chi connectivity index (χ0) is 18.6. The van der Waals surface area contributed by atoms with Crippen LogP contribution in [0.15, 0.2) is 36.0 Å². The second-order valence-electron chi connectivity index (χ2n) is 5.20. The van der Waals surface area contributed by atoms with Crippen LogP contribution >= 0.6 is 11.6 Å². The van der Waals surface area contributed by atoms with Gasteiger partial charge >= 0.3 is 11.9 Å². The summed E-state index contributed by atoms with van der Waals surface area (Å²) in [6.45, 7) is 3.82. The predicted octanol–water partition coefficient (Wildman–Crippen LogP) is 2.78. The van der Waals surface area contributed by atoms with E-state index in [-0.39, 0.29) is 5.70 Å². The van der Waals surface area contributed by atoms with Gasteiger partial charge in [0.2, 0.25) is 0 Å². The van der Waals surface area contributed by atoms with Crippen LogP contribution in [0, 0.1) is 13.8 Å². The lowest BCUT2D eigenvalue weighted by atomic mass is 10.2. The highest BCUT2D eigenvalue weighted by molar-refractivity contribution is 6.32. The van der Waals surface area contributed by atoms with E-state index >= 15 is 0 Å². The molecule has 7 nitrogen and oxygen atoms in total. The smallest absolute Gasteiger partial charge is 0.354 e. The molecule has 0 fully saturated rings. The molecule has 0 saturated heterocycles. The van der Waals surface area contributed by atoms with Gasteiger partial charge in [0.05, 0.1) is 36.7 Å². The van der Waals surface area contributed by atoms with Crippen molar-refractivity contribution in [1.82, 2.24) is 9.78 Å². The van der Waals surface area contributed by atoms with Gasteiger partial charge in [-0.05, 0) is 38.1 Å². The Morgan fingerprint density at radius 2 is 1.92 bits per heavy atom. The Bertz CT molecular complexity index is 842. The van der Waals surface area contributed by atoms with Gasteiger partial charge in [-0.25, -0.2) is 14.3 Å². The minimum atomic E-state index is -0.704. The summed E-state index contributed by atoms with van der Waals surface area (Å²) in [5.41, 5.74) is 2.97. The number of halogens is 1. The number of carbonyl (C=O) groups excluding carboxylic acids is 2. The molecule has 1 heterocycles. The molecule has 1 N–H and O–H groups in total. The maximum Gasteiger partial charge on any atom is 0.354 e. The van der Waals surface area contributed by atoms with Crippen LogP contribution in [0.3, 0.4) is 0 Å². The summed E-state index contributed by atoms with van der Waals surface area (Å²) in [5, 5.41) is 7.62. The average Bonchev–Trinajstić information content (AvgIpc) is 2.91. The summed E-state index contributed by atoms with van der Waals surface area (Å²) in [6.07, 6.45) is 1.01. The summed E-state index contributed by atoms with van der Waals surface area (Å²) in [6, 6.07) is 7.04. The topological polar surface area (TPSA) is 82.5 Å². The molecule has 0 aliphatic heterocycles. The summed E-state index contributed by atoms with van der Waals surface area (Å²) >= 11 is 6.35. The van der Waals surface area contributed by atoms with Crippen molar-refractivity contribution >= 4 is 29.2 Å². The highest BCUT2D eigenvalue weighted by Crippen LogP contribution is 2.26. The monoisotopic (exact) mass is 363 g/mol. The summed E-state index contributed by atoms with van der Waals surface area (Å²) in [7, 11) is 2.43. The van der Waals surface area contributed by atoms with Crippen LogP contribution in [0.2, 0.25) is 5.02 Å². The Morgan fingerprint density at radius 1 is 1.20 bits per heavy atom. The highest BCUT2D eigenvalue weighted by atomic mass is 35.5. The molecule has 0 bridgehead atoms. The van der Waals surface area contributed by atoms with E-state index in [9.17, 15) is 9.59 Å². The van der Waals surface area contributed by atoms with E-state index in [4.69, 9.17) is 11.6 Å². The maximum atomic E-state index is 11.8. The van der Waals surface area contributed by atoms with Crippen LogP contribution in [0.5, 0.6) is 0 Å². The van der Waals surface area contributed by atoms with Crippen molar-refractivity contribution in [3.63, 3.8) is 0 Å². The van der Waals surface area contributed by atoms with Crippen molar-refractivity contribution in [2.75, 3.05) is 19.5 Å². The van der Waals surface area contributed by atoms with E-state index in [1.54, 1.807) is 22.9 Å². The van der Waals surface area contributed by atoms with E-state index in [0.29, 0.717) is 16.4 Å². The number of carbonyl (C=O) groups is 2. The van der Waals surface area contributed by atoms with Gasteiger partial charge in [-0.1, -0.05) is 11.6 Å². The molecule has 0 radical (unpaired) electrons. The number of ether oxygens (including phenoxy) is 2. The number of anilines is 1. The molecule has 8 heteroatoms. The number of methoxy groups -OCH3 is 2. The molecule has 25 heavy (non-hydrogen) atoms. The van der Waals surface area contributed by atoms with Gasteiger partial charge in [-0.3, -0.25) is 0 Å². The third kappa shape index (κ3) is 4.39. The first kappa shape index (κ1) is 18.5. The number of benzene rings is 1. The molecule has 2 aromatic rings. The summed E-state index contributed by atoms with van der Waals surface area (Å²) in [4.78, 5) is 23.2. The number of aromatic nitrogens is 2. The minimum Gasteiger partial charge on any atom is -0.466 e. The lowest BCUT2D eigenvalue weighted by molar-refractivity contribution is -0.138. The number of hydrogen-bond acceptors (Lipinski definition) is 6. The second kappa shape index (κ2) is 7.85. The molecule has 2 rings (SSSR count). The predicted molar refractivity (Wildman–Crippen MR) is 93.8 cm³/mol. The molecule has 0 aliphatic carbocycles. The number of rotatable bonds is 5. The SMILES string of the molecule is COC(=O)/C=C(/Nc1ccc(-n2nc(C)cc2C)c(Cl)c1)C(=O)OC. The first-order valence-electron chi connectivity index (χ1n) is 7.34. The second-order valence-corrected chi connectivity index (χ2v) is 5.61. The third-order valence-corrected chi connectivity index (χ3v) is 3.64. The molecule has 0 atom stereocenters. The zero-order valence-electron chi connectivity index (χ0n) is 14.3. The molecule has 0 spiro atoms. The molecule has 1 aromatic carbocycles. The Hall–Kier alpha value is -2.80. The van der Waals surface area contributed by atoms with Crippen LogP contribution < -0.4 is 5.32 Å². The van der Waals surface area contributed by atoms with E-state index in [2.05, 4.69) is 19.9 Å². The van der Waals surface area contributed by atoms with Gasteiger partial charge < -0.3 is 14.8 Å². The summed E-state index contributed by atoms with van der Waals surface area (Å²) in [5.74, 6) is -1.39. The Balaban J connectivity index is 2.33. The number of hydrogen-bond donors (Lipinski definition) is 1. The van der Waals surface area contributed by atoms with E-state index in [1.807, 2.05) is 19.9 Å². The largest absolute Gasteiger partial charge is 0.466 e. The van der Waals surface area contributed by atoms with Crippen molar-refractivity contribution in [2.45, 2.75) is 13.8 Å². The normalized spacial score (nSPS) is 11.2. The number of nitrogens with one attached hydrogen (secondary N) is 1. The maximum absolute atomic E-state index is 11.8. The quantitative estimate of drug-likeness (QED) is 0.649. The molecule has 132 valence electrons. The van der Waals surface area contributed by atoms with Crippen molar-refractivity contribution in [3.05, 3.63) is 52.4 Å². The van der Waals surface area contributed by atoms with Crippen LogP contribution in [0.1, 0.15) is 11.4 Å². The lowest BCUT2D eigenvalue weighted by Crippen LogP contribution is -2.15. The Labute approximate surface area is 150 Å². The van der Waals surface area contributed by atoms with Crippen LogP contribution in [0.25, 0.3) is 5.69 Å². The Kier molecular flexibility index (Phi) is 5.82. The lowest BCUT2D eigenvalue weighted by Gasteiger charge is -2.12. The molecule has 0 saturated carbocycles. The number of nitrogens with zero attached hydrogens (tertiary/aromatic N) is 2. The van der Waals surface area contributed by atoms with E-state index in [0.717, 1.165) is 17.5 Å². The molecule has 0 unspecified atom stereocenters. The third-order valence-electron chi connectivity index (χ3n) is 3.33. The van der Waals surface area contributed by atoms with Crippen molar-refractivity contribution in [2.24, 2.45) is 0 Å². The van der Waals surface area contributed by atoms with Gasteiger partial charge in [0.15, 0.2) is 0 Å². The molecule has 1 aromatic heterocycles. The Morgan fingerprint density at radius 3 is 2.44 bits per heavy atom. The van der Waals surface area contributed by atoms with E-state index < -0.39 is 11.9 Å². The molecule has 0 amide bonds. The standard InChI is InChI=1S/C17H18ClN3O4/c1-10-7-11(2)21(20-10)15-6-5-12(8-13(15)18)19-14(17(23)25-4)9-16(22)24-3/h5-9,19H,1-4H3/b14-9+. The minimum absolute atomic E-state index is 0.0655. The number of aryl methyl sites for hydroxylation is 2. The van der Waals surface area contributed by atoms with E-state index in [1.165, 1.54) is 14.2 Å². The van der Waals surface area contributed by atoms with Crippen LogP contribution in [-0.2, 0) is 19.1 Å². The van der Waals surface area contributed by atoms with Gasteiger partial charge in [-0.15, -0.1) is 0 Å². The molecular formula is C17H18ClN3O4. The fourth-order valence-corrected chi connectivity index (χ4v) is 2.48. The number of esters is 2.